The van der Waals surface area contributed by atoms with E-state index in [1.54, 1.807) is 0 Å². The molecule has 1 aliphatic rings. The van der Waals surface area contributed by atoms with Gasteiger partial charge < -0.3 is 5.10 Å². The molecule has 0 fully saturated rings. The molecule has 0 saturated carbocycles. The highest BCUT2D eigenvalue weighted by molar-refractivity contribution is 5.16. The Kier molecular flexibility index (Phi) is 3.07. The molecule has 0 bridgehead atoms. The minimum absolute atomic E-state index is 0.0978. The molecule has 0 unspecified atom stereocenters. The summed E-state index contributed by atoms with van der Waals surface area (Å²) in [5.41, 5.74) is 2.25. The van der Waals surface area contributed by atoms with Crippen molar-refractivity contribution < 1.29 is 0 Å². The molecular formula is C11H18N2O. The lowest BCUT2D eigenvalue weighted by atomic mass is 9.99. The van der Waals surface area contributed by atoms with Gasteiger partial charge in [-0.05, 0) is 25.7 Å². The molecule has 1 aliphatic carbocycles. The van der Waals surface area contributed by atoms with Crippen molar-refractivity contribution in [1.29, 1.82) is 0 Å². The van der Waals surface area contributed by atoms with Crippen LogP contribution in [0, 0.1) is 0 Å². The van der Waals surface area contributed by atoms with Crippen molar-refractivity contribution >= 4 is 0 Å². The monoisotopic (exact) mass is 194 g/mol. The lowest BCUT2D eigenvalue weighted by Gasteiger charge is -2.06. The van der Waals surface area contributed by atoms with E-state index in [4.69, 9.17) is 0 Å². The third-order valence-electron chi connectivity index (χ3n) is 3.07. The van der Waals surface area contributed by atoms with Crippen LogP contribution in [0.2, 0.25) is 0 Å². The standard InChI is InChI=1S/C11H18N2O/c14-11-9-7-5-3-1-2-4-6-8-10(9)12-13-11/h1-8H2,(H2,12,13,14). The average Bonchev–Trinajstić information content (AvgIpc) is 2.55. The van der Waals surface area contributed by atoms with Gasteiger partial charge in [0.15, 0.2) is 0 Å². The van der Waals surface area contributed by atoms with E-state index in [0.29, 0.717) is 0 Å². The van der Waals surface area contributed by atoms with Gasteiger partial charge in [-0.25, -0.2) is 0 Å². The fraction of sp³-hybridized carbons (Fsp3) is 0.727. The van der Waals surface area contributed by atoms with Crippen LogP contribution in [-0.2, 0) is 12.8 Å². The van der Waals surface area contributed by atoms with Crippen LogP contribution in [0.25, 0.3) is 0 Å². The summed E-state index contributed by atoms with van der Waals surface area (Å²) in [6, 6.07) is 0. The zero-order valence-electron chi connectivity index (χ0n) is 8.57. The Morgan fingerprint density at radius 2 is 1.43 bits per heavy atom. The topological polar surface area (TPSA) is 48.6 Å². The molecule has 3 heteroatoms. The Labute approximate surface area is 83.9 Å². The third-order valence-corrected chi connectivity index (χ3v) is 3.07. The van der Waals surface area contributed by atoms with E-state index in [1.165, 1.54) is 32.1 Å². The first-order chi connectivity index (χ1) is 6.88. The van der Waals surface area contributed by atoms with Crippen molar-refractivity contribution in [2.45, 2.75) is 51.4 Å². The van der Waals surface area contributed by atoms with Crippen LogP contribution in [0.4, 0.5) is 0 Å². The number of nitrogens with one attached hydrogen (secondary N) is 2. The summed E-state index contributed by atoms with van der Waals surface area (Å²) in [5, 5.41) is 5.70. The van der Waals surface area contributed by atoms with Gasteiger partial charge in [0.2, 0.25) is 0 Å². The molecule has 0 aromatic carbocycles. The molecular weight excluding hydrogens is 176 g/mol. The summed E-state index contributed by atoms with van der Waals surface area (Å²) in [4.78, 5) is 11.4. The minimum Gasteiger partial charge on any atom is -0.302 e. The van der Waals surface area contributed by atoms with Crippen LogP contribution in [0.15, 0.2) is 4.79 Å². The number of aromatic amines is 2. The second-order valence-corrected chi connectivity index (χ2v) is 4.16. The predicted molar refractivity (Wildman–Crippen MR) is 56.5 cm³/mol. The summed E-state index contributed by atoms with van der Waals surface area (Å²) < 4.78 is 0. The summed E-state index contributed by atoms with van der Waals surface area (Å²) >= 11 is 0. The van der Waals surface area contributed by atoms with Crippen molar-refractivity contribution in [2.24, 2.45) is 0 Å². The van der Waals surface area contributed by atoms with Gasteiger partial charge in [0.25, 0.3) is 5.56 Å². The zero-order valence-corrected chi connectivity index (χ0v) is 8.57. The van der Waals surface area contributed by atoms with Gasteiger partial charge in [-0.3, -0.25) is 9.89 Å². The largest absolute Gasteiger partial charge is 0.302 e. The van der Waals surface area contributed by atoms with E-state index in [1.807, 2.05) is 0 Å². The lowest BCUT2D eigenvalue weighted by Crippen LogP contribution is -2.07. The highest BCUT2D eigenvalue weighted by Gasteiger charge is 2.10. The Bertz CT molecular complexity index is 337. The first kappa shape index (κ1) is 9.56. The van der Waals surface area contributed by atoms with E-state index in [2.05, 4.69) is 10.2 Å². The molecule has 0 radical (unpaired) electrons. The van der Waals surface area contributed by atoms with Gasteiger partial charge >= 0.3 is 0 Å². The fourth-order valence-corrected chi connectivity index (χ4v) is 2.21. The van der Waals surface area contributed by atoms with Crippen LogP contribution < -0.4 is 5.56 Å². The molecule has 0 spiro atoms. The van der Waals surface area contributed by atoms with Gasteiger partial charge in [-0.2, -0.15) is 0 Å². The zero-order chi connectivity index (χ0) is 9.80. The summed E-state index contributed by atoms with van der Waals surface area (Å²) in [6.07, 6.45) is 9.61. The molecule has 0 atom stereocenters. The van der Waals surface area contributed by atoms with E-state index in [9.17, 15) is 4.79 Å². The first-order valence-corrected chi connectivity index (χ1v) is 5.66. The SMILES string of the molecule is O=c1[nH][nH]c2c1CCCCCCCC2. The smallest absolute Gasteiger partial charge is 0.267 e. The number of hydrogen-bond acceptors (Lipinski definition) is 1. The summed E-state index contributed by atoms with van der Waals surface area (Å²) in [5.74, 6) is 0. The number of fused-ring (bicyclic) bond motifs is 1. The van der Waals surface area contributed by atoms with E-state index in [-0.39, 0.29) is 5.56 Å². The Hall–Kier alpha value is -0.990. The number of hydrogen-bond donors (Lipinski definition) is 2. The molecule has 14 heavy (non-hydrogen) atoms. The molecule has 2 rings (SSSR count). The van der Waals surface area contributed by atoms with Gasteiger partial charge in [0, 0.05) is 11.3 Å². The van der Waals surface area contributed by atoms with Gasteiger partial charge in [0.05, 0.1) is 0 Å². The van der Waals surface area contributed by atoms with Crippen LogP contribution in [0.5, 0.6) is 0 Å². The van der Waals surface area contributed by atoms with Gasteiger partial charge in [-0.1, -0.05) is 25.7 Å². The van der Waals surface area contributed by atoms with E-state index < -0.39 is 0 Å². The van der Waals surface area contributed by atoms with Gasteiger partial charge in [-0.15, -0.1) is 0 Å². The highest BCUT2D eigenvalue weighted by Crippen LogP contribution is 2.15. The normalized spacial score (nSPS) is 18.9. The molecule has 3 nitrogen and oxygen atoms in total. The Morgan fingerprint density at radius 3 is 2.21 bits per heavy atom. The van der Waals surface area contributed by atoms with E-state index >= 15 is 0 Å². The molecule has 0 aliphatic heterocycles. The molecule has 1 aromatic heterocycles. The molecule has 1 aromatic rings. The van der Waals surface area contributed by atoms with Crippen molar-refractivity contribution in [2.75, 3.05) is 0 Å². The van der Waals surface area contributed by atoms with Crippen LogP contribution in [0.3, 0.4) is 0 Å². The van der Waals surface area contributed by atoms with Crippen LogP contribution in [0.1, 0.15) is 49.8 Å². The number of aromatic nitrogens is 2. The molecule has 0 amide bonds. The van der Waals surface area contributed by atoms with Crippen molar-refractivity contribution in [1.82, 2.24) is 10.2 Å². The molecule has 78 valence electrons. The highest BCUT2D eigenvalue weighted by atomic mass is 16.1. The maximum absolute atomic E-state index is 11.4. The quantitative estimate of drug-likeness (QED) is 0.653. The number of rotatable bonds is 0. The third kappa shape index (κ3) is 2.08. The average molecular weight is 194 g/mol. The predicted octanol–water partition coefficient (Wildman–Crippen LogP) is 2.14. The second-order valence-electron chi connectivity index (χ2n) is 4.16. The number of H-pyrrole nitrogens is 2. The van der Waals surface area contributed by atoms with Crippen LogP contribution >= 0.6 is 0 Å². The lowest BCUT2D eigenvalue weighted by molar-refractivity contribution is 0.578. The molecule has 0 saturated heterocycles. The first-order valence-electron chi connectivity index (χ1n) is 5.66. The summed E-state index contributed by atoms with van der Waals surface area (Å²) in [7, 11) is 0. The maximum Gasteiger partial charge on any atom is 0.267 e. The van der Waals surface area contributed by atoms with E-state index in [0.717, 1.165) is 30.5 Å². The van der Waals surface area contributed by atoms with Crippen molar-refractivity contribution in [3.05, 3.63) is 21.6 Å². The summed E-state index contributed by atoms with van der Waals surface area (Å²) in [6.45, 7) is 0. The van der Waals surface area contributed by atoms with Crippen molar-refractivity contribution in [3.63, 3.8) is 0 Å². The Balaban J connectivity index is 2.15. The Morgan fingerprint density at radius 1 is 0.786 bits per heavy atom. The van der Waals surface area contributed by atoms with Gasteiger partial charge in [0.1, 0.15) is 0 Å². The molecule has 2 N–H and O–H groups in total. The fourth-order valence-electron chi connectivity index (χ4n) is 2.21. The van der Waals surface area contributed by atoms with Crippen molar-refractivity contribution in [3.8, 4) is 0 Å². The minimum atomic E-state index is 0.0978. The number of aryl methyl sites for hydroxylation is 1. The molecule has 1 heterocycles. The van der Waals surface area contributed by atoms with Crippen LogP contribution in [-0.4, -0.2) is 10.2 Å². The second kappa shape index (κ2) is 4.49. The maximum atomic E-state index is 11.4.